The Morgan fingerprint density at radius 3 is 2.80 bits per heavy atom. The normalized spacial score (nSPS) is 23.1. The second-order valence-corrected chi connectivity index (χ2v) is 7.07. The van der Waals surface area contributed by atoms with Gasteiger partial charge in [-0.1, -0.05) is 57.0 Å². The predicted molar refractivity (Wildman–Crippen MR) is 103 cm³/mol. The van der Waals surface area contributed by atoms with Crippen molar-refractivity contribution in [1.82, 2.24) is 0 Å². The van der Waals surface area contributed by atoms with Crippen molar-refractivity contribution in [2.45, 2.75) is 53.1 Å². The Morgan fingerprint density at radius 1 is 1.48 bits per heavy atom. The van der Waals surface area contributed by atoms with Crippen molar-refractivity contribution in [1.29, 1.82) is 0 Å². The molecule has 1 fully saturated rings. The summed E-state index contributed by atoms with van der Waals surface area (Å²) in [6, 6.07) is 4.57. The van der Waals surface area contributed by atoms with E-state index in [-0.39, 0.29) is 17.8 Å². The monoisotopic (exact) mass is 363 g/mol. The molecular formula is C21H27ClFNO. The molecule has 0 saturated heterocycles. The fraction of sp³-hybridized carbons (Fsp3) is 0.476. The number of nitrogens with zero attached hydrogens (tertiary/aromatic N) is 1. The lowest BCUT2D eigenvalue weighted by atomic mass is 9.93. The Labute approximate surface area is 155 Å². The van der Waals surface area contributed by atoms with Gasteiger partial charge in [-0.25, -0.2) is 9.38 Å². The van der Waals surface area contributed by atoms with Gasteiger partial charge in [0.25, 0.3) is 0 Å². The number of rotatable bonds is 8. The molecule has 2 atom stereocenters. The van der Waals surface area contributed by atoms with Gasteiger partial charge in [0.05, 0.1) is 0 Å². The average Bonchev–Trinajstić information content (AvgIpc) is 3.29. The maximum Gasteiger partial charge on any atom is 0.213 e. The number of hydrogen-bond donors (Lipinski definition) is 0. The maximum absolute atomic E-state index is 13.9. The zero-order valence-electron chi connectivity index (χ0n) is 15.3. The van der Waals surface area contributed by atoms with E-state index >= 15 is 0 Å². The lowest BCUT2D eigenvalue weighted by Crippen LogP contribution is -2.10. The zero-order valence-corrected chi connectivity index (χ0v) is 16.1. The van der Waals surface area contributed by atoms with Crippen LogP contribution in [0.25, 0.3) is 0 Å². The van der Waals surface area contributed by atoms with Gasteiger partial charge >= 0.3 is 0 Å². The van der Waals surface area contributed by atoms with Gasteiger partial charge in [-0.3, -0.25) is 0 Å². The first-order chi connectivity index (χ1) is 12.0. The van der Waals surface area contributed by atoms with Crippen molar-refractivity contribution >= 4 is 17.5 Å². The van der Waals surface area contributed by atoms with Crippen molar-refractivity contribution in [3.8, 4) is 0 Å². The van der Waals surface area contributed by atoms with Gasteiger partial charge in [-0.2, -0.15) is 0 Å². The molecular weight excluding hydrogens is 337 g/mol. The fourth-order valence-corrected chi connectivity index (χ4v) is 3.62. The van der Waals surface area contributed by atoms with Crippen LogP contribution in [-0.4, -0.2) is 5.90 Å². The smallest absolute Gasteiger partial charge is 0.213 e. The molecule has 0 aromatic heterocycles. The minimum absolute atomic E-state index is 0.109. The van der Waals surface area contributed by atoms with Crippen molar-refractivity contribution in [3.05, 3.63) is 59.0 Å². The first-order valence-corrected chi connectivity index (χ1v) is 9.32. The standard InChI is InChI=1S/C21H27ClFNO/c1-5-8-20(25-14-16-9-10-18(22)12-19(16)23)24-15(4)21(11-6-2)13-17(21)7-3/h5,8-10,12,17H,4,6-7,11,13-14H2,1-3H3/b8-5-,24-20?. The molecule has 1 aromatic rings. The van der Waals surface area contributed by atoms with E-state index in [1.165, 1.54) is 6.07 Å². The molecule has 1 aliphatic carbocycles. The molecule has 0 spiro atoms. The lowest BCUT2D eigenvalue weighted by Gasteiger charge is -2.17. The minimum Gasteiger partial charge on any atom is -0.473 e. The minimum atomic E-state index is -0.373. The highest BCUT2D eigenvalue weighted by Gasteiger charge is 2.54. The molecule has 136 valence electrons. The number of benzene rings is 1. The predicted octanol–water partition coefficient (Wildman–Crippen LogP) is 6.70. The largest absolute Gasteiger partial charge is 0.473 e. The van der Waals surface area contributed by atoms with Crippen LogP contribution < -0.4 is 0 Å². The van der Waals surface area contributed by atoms with Crippen LogP contribution in [0.5, 0.6) is 0 Å². The Balaban J connectivity index is 2.11. The maximum atomic E-state index is 13.9. The van der Waals surface area contributed by atoms with E-state index in [1.54, 1.807) is 18.2 Å². The molecule has 4 heteroatoms. The summed E-state index contributed by atoms with van der Waals surface area (Å²) in [5.41, 5.74) is 1.45. The van der Waals surface area contributed by atoms with Gasteiger partial charge < -0.3 is 4.74 Å². The highest BCUT2D eigenvalue weighted by molar-refractivity contribution is 6.30. The Hall–Kier alpha value is -1.61. The molecule has 0 N–H and O–H groups in total. The van der Waals surface area contributed by atoms with Gasteiger partial charge in [-0.05, 0) is 43.9 Å². The van der Waals surface area contributed by atoms with E-state index in [0.29, 0.717) is 22.4 Å². The average molecular weight is 364 g/mol. The third-order valence-corrected chi connectivity index (χ3v) is 5.18. The van der Waals surface area contributed by atoms with E-state index in [2.05, 4.69) is 25.4 Å². The van der Waals surface area contributed by atoms with Crippen molar-refractivity contribution in [2.24, 2.45) is 16.3 Å². The summed E-state index contributed by atoms with van der Waals surface area (Å²) < 4.78 is 19.7. The Kier molecular flexibility index (Phi) is 6.83. The number of allylic oxidation sites excluding steroid dienone is 2. The van der Waals surface area contributed by atoms with E-state index in [9.17, 15) is 4.39 Å². The summed E-state index contributed by atoms with van der Waals surface area (Å²) in [6.07, 6.45) is 8.16. The summed E-state index contributed by atoms with van der Waals surface area (Å²) in [7, 11) is 0. The quantitative estimate of drug-likeness (QED) is 0.372. The molecule has 2 unspecified atom stereocenters. The van der Waals surface area contributed by atoms with Crippen molar-refractivity contribution in [3.63, 3.8) is 0 Å². The number of hydrogen-bond acceptors (Lipinski definition) is 2. The van der Waals surface area contributed by atoms with Crippen molar-refractivity contribution in [2.75, 3.05) is 0 Å². The van der Waals surface area contributed by atoms with Crippen LogP contribution in [0.4, 0.5) is 4.39 Å². The van der Waals surface area contributed by atoms with E-state index in [4.69, 9.17) is 16.3 Å². The first kappa shape index (κ1) is 19.7. The Morgan fingerprint density at radius 2 is 2.24 bits per heavy atom. The number of aliphatic imine (C=N–C) groups is 1. The number of ether oxygens (including phenoxy) is 1. The van der Waals surface area contributed by atoms with Gasteiger partial charge in [0.2, 0.25) is 5.90 Å². The molecule has 1 aliphatic rings. The molecule has 0 heterocycles. The van der Waals surface area contributed by atoms with E-state index in [1.807, 2.05) is 13.0 Å². The van der Waals surface area contributed by atoms with Gasteiger partial charge in [0.15, 0.2) is 0 Å². The van der Waals surface area contributed by atoms with Gasteiger partial charge in [0, 0.05) is 21.7 Å². The molecule has 0 aliphatic heterocycles. The van der Waals surface area contributed by atoms with Gasteiger partial charge in [-0.15, -0.1) is 0 Å². The van der Waals surface area contributed by atoms with Crippen LogP contribution in [0, 0.1) is 17.2 Å². The molecule has 0 radical (unpaired) electrons. The van der Waals surface area contributed by atoms with Crippen LogP contribution in [0.2, 0.25) is 5.02 Å². The molecule has 1 saturated carbocycles. The molecule has 0 amide bonds. The van der Waals surface area contributed by atoms with Crippen LogP contribution >= 0.6 is 11.6 Å². The highest BCUT2D eigenvalue weighted by Crippen LogP contribution is 2.62. The summed E-state index contributed by atoms with van der Waals surface area (Å²) >= 11 is 5.79. The van der Waals surface area contributed by atoms with Crippen LogP contribution in [0.3, 0.4) is 0 Å². The second kappa shape index (κ2) is 8.66. The summed E-state index contributed by atoms with van der Waals surface area (Å²) in [6.45, 7) is 10.6. The fourth-order valence-electron chi connectivity index (χ4n) is 3.46. The molecule has 2 nitrogen and oxygen atoms in total. The first-order valence-electron chi connectivity index (χ1n) is 8.94. The van der Waals surface area contributed by atoms with Crippen LogP contribution in [0.15, 0.2) is 47.6 Å². The molecule has 2 rings (SSSR count). The Bertz CT molecular complexity index is 682. The third-order valence-electron chi connectivity index (χ3n) is 4.94. The van der Waals surface area contributed by atoms with Crippen molar-refractivity contribution < 1.29 is 9.13 Å². The summed E-state index contributed by atoms with van der Waals surface area (Å²) in [5, 5.41) is 0.373. The third kappa shape index (κ3) is 4.72. The SMILES string of the molecule is C=C(N=C(/C=C\C)OCc1ccc(Cl)cc1F)C1(CCC)CC1CC. The summed E-state index contributed by atoms with van der Waals surface area (Å²) in [4.78, 5) is 4.64. The topological polar surface area (TPSA) is 21.6 Å². The summed E-state index contributed by atoms with van der Waals surface area (Å²) in [5.74, 6) is 0.755. The highest BCUT2D eigenvalue weighted by atomic mass is 35.5. The number of halogens is 2. The van der Waals surface area contributed by atoms with Crippen LogP contribution in [-0.2, 0) is 11.3 Å². The second-order valence-electron chi connectivity index (χ2n) is 6.64. The molecule has 0 bridgehead atoms. The van der Waals surface area contributed by atoms with E-state index in [0.717, 1.165) is 31.4 Å². The molecule has 1 aromatic carbocycles. The lowest BCUT2D eigenvalue weighted by molar-refractivity contribution is 0.287. The molecule has 25 heavy (non-hydrogen) atoms. The van der Waals surface area contributed by atoms with E-state index < -0.39 is 0 Å². The zero-order chi connectivity index (χ0) is 18.4. The van der Waals surface area contributed by atoms with Gasteiger partial charge in [0.1, 0.15) is 12.4 Å². The van der Waals surface area contributed by atoms with Crippen LogP contribution in [0.1, 0.15) is 52.0 Å².